The van der Waals surface area contributed by atoms with Gasteiger partial charge in [-0.05, 0) is 12.3 Å². The molecule has 1 atom stereocenters. The van der Waals surface area contributed by atoms with Crippen molar-refractivity contribution >= 4 is 34.4 Å². The highest BCUT2D eigenvalue weighted by Crippen LogP contribution is 2.44. The van der Waals surface area contributed by atoms with Gasteiger partial charge in [0.15, 0.2) is 18.1 Å². The number of aromatic nitrogens is 3. The molecule has 0 bridgehead atoms. The molecule has 0 spiro atoms. The van der Waals surface area contributed by atoms with Crippen LogP contribution in [-0.4, -0.2) is 39.7 Å². The summed E-state index contributed by atoms with van der Waals surface area (Å²) in [6.45, 7) is 1.24. The van der Waals surface area contributed by atoms with Crippen LogP contribution < -0.4 is 14.8 Å². The minimum absolute atomic E-state index is 0.191. The molecule has 1 amide bonds. The van der Waals surface area contributed by atoms with E-state index in [1.54, 1.807) is 18.3 Å². The molecular weight excluding hydrogens is 371 g/mol. The Balaban J connectivity index is 1.94. The number of rotatable bonds is 3. The SMILES string of the molecule is CSc1cc2c(c(-c3cn(C)c4cnc(NC(C)=O)cc34)n1)OCC(F)O2. The Morgan fingerprint density at radius 1 is 1.44 bits per heavy atom. The molecule has 0 saturated carbocycles. The first-order chi connectivity index (χ1) is 13.0. The first-order valence-electron chi connectivity index (χ1n) is 8.22. The zero-order valence-corrected chi connectivity index (χ0v) is 15.8. The van der Waals surface area contributed by atoms with Gasteiger partial charge < -0.3 is 19.4 Å². The van der Waals surface area contributed by atoms with Crippen LogP contribution in [0, 0.1) is 0 Å². The highest BCUT2D eigenvalue weighted by atomic mass is 32.2. The number of fused-ring (bicyclic) bond motifs is 2. The second kappa shape index (κ2) is 6.73. The lowest BCUT2D eigenvalue weighted by atomic mass is 10.1. The van der Waals surface area contributed by atoms with Crippen LogP contribution in [0.25, 0.3) is 22.2 Å². The fourth-order valence-electron chi connectivity index (χ4n) is 3.04. The molecule has 9 heteroatoms. The first kappa shape index (κ1) is 17.6. The van der Waals surface area contributed by atoms with E-state index in [1.807, 2.05) is 24.1 Å². The van der Waals surface area contributed by atoms with Crippen molar-refractivity contribution in [2.75, 3.05) is 18.2 Å². The number of ether oxygens (including phenoxy) is 2. The number of nitrogens with zero attached hydrogens (tertiary/aromatic N) is 3. The van der Waals surface area contributed by atoms with Gasteiger partial charge in [0, 0.05) is 37.2 Å². The number of pyridine rings is 2. The number of halogens is 1. The van der Waals surface area contributed by atoms with Gasteiger partial charge in [0.25, 0.3) is 6.36 Å². The van der Waals surface area contributed by atoms with Gasteiger partial charge in [-0.15, -0.1) is 11.8 Å². The highest BCUT2D eigenvalue weighted by molar-refractivity contribution is 7.98. The number of hydrogen-bond donors (Lipinski definition) is 1. The molecule has 0 aromatic carbocycles. The van der Waals surface area contributed by atoms with Crippen molar-refractivity contribution in [2.45, 2.75) is 18.3 Å². The molecule has 0 saturated heterocycles. The summed E-state index contributed by atoms with van der Waals surface area (Å²) in [5, 5.41) is 4.22. The highest BCUT2D eigenvalue weighted by Gasteiger charge is 2.27. The predicted molar refractivity (Wildman–Crippen MR) is 101 cm³/mol. The molecule has 0 radical (unpaired) electrons. The molecule has 4 heterocycles. The molecule has 3 aromatic heterocycles. The molecule has 1 unspecified atom stereocenters. The van der Waals surface area contributed by atoms with E-state index < -0.39 is 6.36 Å². The van der Waals surface area contributed by atoms with Crippen LogP contribution in [0.5, 0.6) is 11.5 Å². The van der Waals surface area contributed by atoms with Crippen molar-refractivity contribution in [3.8, 4) is 22.8 Å². The third kappa shape index (κ3) is 3.18. The van der Waals surface area contributed by atoms with E-state index in [2.05, 4.69) is 15.3 Å². The molecule has 1 aliphatic heterocycles. The van der Waals surface area contributed by atoms with E-state index in [0.29, 0.717) is 28.0 Å². The molecule has 27 heavy (non-hydrogen) atoms. The zero-order chi connectivity index (χ0) is 19.1. The quantitative estimate of drug-likeness (QED) is 0.693. The van der Waals surface area contributed by atoms with Crippen LogP contribution in [0.15, 0.2) is 29.6 Å². The number of aryl methyl sites for hydroxylation is 1. The molecule has 140 valence electrons. The average molecular weight is 388 g/mol. The molecule has 1 aliphatic rings. The van der Waals surface area contributed by atoms with E-state index in [1.165, 1.54) is 18.7 Å². The van der Waals surface area contributed by atoms with Gasteiger partial charge in [-0.3, -0.25) is 4.79 Å². The minimum atomic E-state index is -1.51. The maximum absolute atomic E-state index is 13.6. The van der Waals surface area contributed by atoms with Gasteiger partial charge >= 0.3 is 0 Å². The Bertz CT molecular complexity index is 1050. The third-order valence-electron chi connectivity index (χ3n) is 4.17. The van der Waals surface area contributed by atoms with Crippen LogP contribution in [0.1, 0.15) is 6.92 Å². The number of alkyl halides is 1. The van der Waals surface area contributed by atoms with Crippen molar-refractivity contribution < 1.29 is 18.7 Å². The summed E-state index contributed by atoms with van der Waals surface area (Å²) in [5.74, 6) is 0.978. The number of nitrogens with one attached hydrogen (secondary N) is 1. The third-order valence-corrected chi connectivity index (χ3v) is 4.80. The van der Waals surface area contributed by atoms with Crippen molar-refractivity contribution in [1.82, 2.24) is 14.5 Å². The maximum Gasteiger partial charge on any atom is 0.272 e. The number of hydrogen-bond acceptors (Lipinski definition) is 6. The van der Waals surface area contributed by atoms with Crippen molar-refractivity contribution in [1.29, 1.82) is 0 Å². The number of carbonyl (C=O) groups is 1. The second-order valence-electron chi connectivity index (χ2n) is 6.10. The Hall–Kier alpha value is -2.81. The van der Waals surface area contributed by atoms with Crippen LogP contribution in [0.3, 0.4) is 0 Å². The predicted octanol–water partition coefficient (Wildman–Crippen LogP) is 3.38. The smallest absolute Gasteiger partial charge is 0.272 e. The Kier molecular flexibility index (Phi) is 4.39. The monoisotopic (exact) mass is 388 g/mol. The van der Waals surface area contributed by atoms with Gasteiger partial charge in [0.05, 0.1) is 11.7 Å². The fraction of sp³-hybridized carbons (Fsp3) is 0.278. The van der Waals surface area contributed by atoms with E-state index in [9.17, 15) is 9.18 Å². The average Bonchev–Trinajstić information content (AvgIpc) is 2.96. The van der Waals surface area contributed by atoms with Crippen LogP contribution in [0.4, 0.5) is 10.2 Å². The first-order valence-corrected chi connectivity index (χ1v) is 9.44. The van der Waals surface area contributed by atoms with Crippen molar-refractivity contribution in [3.05, 3.63) is 24.5 Å². The van der Waals surface area contributed by atoms with Crippen LogP contribution in [-0.2, 0) is 11.8 Å². The van der Waals surface area contributed by atoms with Crippen LogP contribution in [0.2, 0.25) is 0 Å². The molecule has 4 rings (SSSR count). The fourth-order valence-corrected chi connectivity index (χ4v) is 3.44. The molecule has 0 fully saturated rings. The lowest BCUT2D eigenvalue weighted by molar-refractivity contribution is -0.114. The standard InChI is InChI=1S/C18H17FN4O3S/c1-9(24)21-15-4-10-11(7-23(2)12(10)6-20-15)17-18-13(5-16(22-17)27-3)26-14(19)8-25-18/h4-7,14H,8H2,1-3H3,(H,20,21,24). The Morgan fingerprint density at radius 3 is 3.00 bits per heavy atom. The summed E-state index contributed by atoms with van der Waals surface area (Å²) in [5.41, 5.74) is 2.22. The normalized spacial score (nSPS) is 15.8. The van der Waals surface area contributed by atoms with Crippen molar-refractivity contribution in [2.24, 2.45) is 7.05 Å². The lowest BCUT2D eigenvalue weighted by Crippen LogP contribution is -2.25. The number of anilines is 1. The van der Waals surface area contributed by atoms with Crippen molar-refractivity contribution in [3.63, 3.8) is 0 Å². The van der Waals surface area contributed by atoms with E-state index in [4.69, 9.17) is 9.47 Å². The topological polar surface area (TPSA) is 78.3 Å². The molecular formula is C18H17FN4O3S. The van der Waals surface area contributed by atoms with Gasteiger partial charge in [-0.2, -0.15) is 4.39 Å². The van der Waals surface area contributed by atoms with Gasteiger partial charge in [-0.1, -0.05) is 0 Å². The van der Waals surface area contributed by atoms with E-state index in [0.717, 1.165) is 16.5 Å². The summed E-state index contributed by atoms with van der Waals surface area (Å²) in [6.07, 6.45) is 3.97. The summed E-state index contributed by atoms with van der Waals surface area (Å²) < 4.78 is 26.5. The lowest BCUT2D eigenvalue weighted by Gasteiger charge is -2.23. The second-order valence-corrected chi connectivity index (χ2v) is 6.93. The number of thioether (sulfide) groups is 1. The van der Waals surface area contributed by atoms with Gasteiger partial charge in [-0.25, -0.2) is 9.97 Å². The molecule has 0 aliphatic carbocycles. The molecule has 1 N–H and O–H groups in total. The Morgan fingerprint density at radius 2 is 2.26 bits per heavy atom. The number of carbonyl (C=O) groups excluding carboxylic acids is 1. The van der Waals surface area contributed by atoms with E-state index >= 15 is 0 Å². The van der Waals surface area contributed by atoms with Crippen LogP contribution >= 0.6 is 11.8 Å². The van der Waals surface area contributed by atoms with Gasteiger partial charge in [0.2, 0.25) is 5.91 Å². The maximum atomic E-state index is 13.6. The summed E-state index contributed by atoms with van der Waals surface area (Å²) >= 11 is 1.43. The van der Waals surface area contributed by atoms with Gasteiger partial charge in [0.1, 0.15) is 16.5 Å². The Labute approximate surface area is 158 Å². The summed E-state index contributed by atoms with van der Waals surface area (Å²) in [7, 11) is 1.89. The zero-order valence-electron chi connectivity index (χ0n) is 14.9. The molecule has 3 aromatic rings. The summed E-state index contributed by atoms with van der Waals surface area (Å²) in [6, 6.07) is 3.46. The number of amides is 1. The molecule has 7 nitrogen and oxygen atoms in total. The largest absolute Gasteiger partial charge is 0.481 e. The summed E-state index contributed by atoms with van der Waals surface area (Å²) in [4.78, 5) is 20.3. The van der Waals surface area contributed by atoms with E-state index in [-0.39, 0.29) is 12.5 Å². The minimum Gasteiger partial charge on any atom is -0.481 e.